The van der Waals surface area contributed by atoms with Crippen molar-refractivity contribution in [3.63, 3.8) is 0 Å². The van der Waals surface area contributed by atoms with Crippen LogP contribution in [0.3, 0.4) is 0 Å². The van der Waals surface area contributed by atoms with E-state index in [1.165, 1.54) is 7.11 Å². The summed E-state index contributed by atoms with van der Waals surface area (Å²) in [4.78, 5) is 14.5. The van der Waals surface area contributed by atoms with E-state index in [1.807, 2.05) is 0 Å². The van der Waals surface area contributed by atoms with Gasteiger partial charge in [-0.1, -0.05) is 0 Å². The van der Waals surface area contributed by atoms with Gasteiger partial charge in [-0.05, 0) is 0 Å². The fourth-order valence-corrected chi connectivity index (χ4v) is 0.844. The van der Waals surface area contributed by atoms with Crippen molar-refractivity contribution in [3.05, 3.63) is 12.4 Å². The van der Waals surface area contributed by atoms with Crippen LogP contribution in [0.15, 0.2) is 12.4 Å². The second-order valence-corrected chi connectivity index (χ2v) is 2.30. The van der Waals surface area contributed by atoms with Gasteiger partial charge in [-0.25, -0.2) is 4.98 Å². The predicted molar refractivity (Wildman–Crippen MR) is 43.3 cm³/mol. The lowest BCUT2D eigenvalue weighted by Gasteiger charge is -2.02. The maximum absolute atomic E-state index is 10.7. The number of anilines is 1. The minimum Gasteiger partial charge on any atom is -0.469 e. The van der Waals surface area contributed by atoms with Gasteiger partial charge in [-0.15, -0.1) is 0 Å². The average molecular weight is 169 g/mol. The Hall–Kier alpha value is -1.52. The van der Waals surface area contributed by atoms with Crippen molar-refractivity contribution < 1.29 is 9.53 Å². The molecule has 66 valence electrons. The number of hydrogen-bond acceptors (Lipinski definition) is 4. The molecule has 1 aromatic rings. The number of aryl methyl sites for hydroxylation is 1. The van der Waals surface area contributed by atoms with Crippen LogP contribution < -0.4 is 5.73 Å². The van der Waals surface area contributed by atoms with Crippen molar-refractivity contribution in [2.75, 3.05) is 12.8 Å². The zero-order chi connectivity index (χ0) is 8.97. The van der Waals surface area contributed by atoms with Crippen LogP contribution in [0.1, 0.15) is 6.42 Å². The van der Waals surface area contributed by atoms with Crippen molar-refractivity contribution >= 4 is 11.9 Å². The second-order valence-electron chi connectivity index (χ2n) is 2.30. The van der Waals surface area contributed by atoms with Crippen LogP contribution in [0, 0.1) is 0 Å². The van der Waals surface area contributed by atoms with Gasteiger partial charge >= 0.3 is 5.97 Å². The van der Waals surface area contributed by atoms with E-state index in [0.717, 1.165) is 0 Å². The minimum absolute atomic E-state index is 0.247. The molecule has 0 amide bonds. The Morgan fingerprint density at radius 2 is 2.58 bits per heavy atom. The summed E-state index contributed by atoms with van der Waals surface area (Å²) >= 11 is 0. The van der Waals surface area contributed by atoms with Crippen LogP contribution in [0.2, 0.25) is 0 Å². The Kier molecular flexibility index (Phi) is 2.68. The smallest absolute Gasteiger partial charge is 0.307 e. The largest absolute Gasteiger partial charge is 0.469 e. The third kappa shape index (κ3) is 1.98. The summed E-state index contributed by atoms with van der Waals surface area (Å²) < 4.78 is 6.17. The Morgan fingerprint density at radius 3 is 3.08 bits per heavy atom. The number of nitrogens with zero attached hydrogens (tertiary/aromatic N) is 2. The minimum atomic E-state index is -0.247. The number of nitrogens with two attached hydrogens (primary N) is 1. The summed E-state index contributed by atoms with van der Waals surface area (Å²) in [5, 5.41) is 0. The molecule has 0 saturated heterocycles. The highest BCUT2D eigenvalue weighted by molar-refractivity contribution is 5.69. The number of nitrogen functional groups attached to an aromatic ring is 1. The van der Waals surface area contributed by atoms with E-state index in [2.05, 4.69) is 9.72 Å². The normalized spacial score (nSPS) is 9.75. The van der Waals surface area contributed by atoms with Crippen LogP contribution in [-0.2, 0) is 16.1 Å². The van der Waals surface area contributed by atoms with Crippen molar-refractivity contribution in [2.24, 2.45) is 0 Å². The fraction of sp³-hybridized carbons (Fsp3) is 0.429. The van der Waals surface area contributed by atoms with Crippen LogP contribution in [0.25, 0.3) is 0 Å². The molecule has 0 aromatic carbocycles. The van der Waals surface area contributed by atoms with Gasteiger partial charge in [-0.2, -0.15) is 0 Å². The molecule has 0 spiro atoms. The van der Waals surface area contributed by atoms with Crippen LogP contribution in [0.4, 0.5) is 5.95 Å². The Labute approximate surface area is 70.1 Å². The molecule has 0 aliphatic rings. The highest BCUT2D eigenvalue weighted by Gasteiger charge is 2.02. The summed E-state index contributed by atoms with van der Waals surface area (Å²) in [7, 11) is 1.36. The van der Waals surface area contributed by atoms with Gasteiger partial charge in [0.15, 0.2) is 5.95 Å². The van der Waals surface area contributed by atoms with Crippen LogP contribution in [0.5, 0.6) is 0 Å². The zero-order valence-electron chi connectivity index (χ0n) is 6.86. The maximum Gasteiger partial charge on any atom is 0.307 e. The first-order chi connectivity index (χ1) is 5.74. The average Bonchev–Trinajstić information content (AvgIpc) is 2.47. The molecule has 0 aliphatic carbocycles. The predicted octanol–water partition coefficient (Wildman–Crippen LogP) is 0.0284. The second kappa shape index (κ2) is 3.75. The molecule has 5 heteroatoms. The molecule has 12 heavy (non-hydrogen) atoms. The lowest BCUT2D eigenvalue weighted by atomic mass is 10.4. The van der Waals surface area contributed by atoms with Crippen molar-refractivity contribution in [1.82, 2.24) is 9.55 Å². The number of esters is 1. The van der Waals surface area contributed by atoms with Gasteiger partial charge in [0.25, 0.3) is 0 Å². The number of carbonyl (C=O) groups excluding carboxylic acids is 1. The van der Waals surface area contributed by atoms with Crippen molar-refractivity contribution in [2.45, 2.75) is 13.0 Å². The SMILES string of the molecule is COC(=O)CCn1ccnc1N. The van der Waals surface area contributed by atoms with E-state index in [9.17, 15) is 4.79 Å². The van der Waals surface area contributed by atoms with E-state index in [0.29, 0.717) is 18.9 Å². The molecular weight excluding hydrogens is 158 g/mol. The van der Waals surface area contributed by atoms with E-state index < -0.39 is 0 Å². The van der Waals surface area contributed by atoms with Gasteiger partial charge in [0.05, 0.1) is 13.5 Å². The number of carbonyl (C=O) groups is 1. The third-order valence-corrected chi connectivity index (χ3v) is 1.53. The summed E-state index contributed by atoms with van der Waals surface area (Å²) in [5.74, 6) is 0.169. The molecule has 0 bridgehead atoms. The fourth-order valence-electron chi connectivity index (χ4n) is 0.844. The lowest BCUT2D eigenvalue weighted by Crippen LogP contribution is -2.08. The molecule has 1 rings (SSSR count). The highest BCUT2D eigenvalue weighted by atomic mass is 16.5. The highest BCUT2D eigenvalue weighted by Crippen LogP contribution is 2.00. The van der Waals surface area contributed by atoms with Gasteiger partial charge in [-0.3, -0.25) is 4.79 Å². The summed E-state index contributed by atoms with van der Waals surface area (Å²) in [6.45, 7) is 0.512. The summed E-state index contributed by atoms with van der Waals surface area (Å²) in [6, 6.07) is 0. The first-order valence-electron chi connectivity index (χ1n) is 3.57. The molecule has 1 heterocycles. The summed E-state index contributed by atoms with van der Waals surface area (Å²) in [6.07, 6.45) is 3.63. The molecule has 0 saturated carbocycles. The van der Waals surface area contributed by atoms with E-state index in [4.69, 9.17) is 5.73 Å². The lowest BCUT2D eigenvalue weighted by molar-refractivity contribution is -0.140. The van der Waals surface area contributed by atoms with E-state index in [1.54, 1.807) is 17.0 Å². The standard InChI is InChI=1S/C7H11N3O2/c1-12-6(11)2-4-10-5-3-9-7(10)8/h3,5H,2,4H2,1H3,(H2,8,9). The number of ether oxygens (including phenoxy) is 1. The molecule has 0 radical (unpaired) electrons. The molecule has 5 nitrogen and oxygen atoms in total. The molecule has 0 atom stereocenters. The molecule has 0 unspecified atom stereocenters. The zero-order valence-corrected chi connectivity index (χ0v) is 6.86. The first kappa shape index (κ1) is 8.58. The van der Waals surface area contributed by atoms with Gasteiger partial charge in [0.2, 0.25) is 0 Å². The number of methoxy groups -OCH3 is 1. The molecule has 2 N–H and O–H groups in total. The molecule has 0 fully saturated rings. The number of rotatable bonds is 3. The Bertz CT molecular complexity index is 269. The summed E-state index contributed by atoms with van der Waals surface area (Å²) in [5.41, 5.74) is 5.47. The molecular formula is C7H11N3O2. The van der Waals surface area contributed by atoms with E-state index >= 15 is 0 Å². The maximum atomic E-state index is 10.7. The van der Waals surface area contributed by atoms with Crippen LogP contribution in [-0.4, -0.2) is 22.6 Å². The van der Waals surface area contributed by atoms with E-state index in [-0.39, 0.29) is 5.97 Å². The molecule has 0 aliphatic heterocycles. The molecule has 1 aromatic heterocycles. The Morgan fingerprint density at radius 1 is 1.83 bits per heavy atom. The number of aromatic nitrogens is 2. The third-order valence-electron chi connectivity index (χ3n) is 1.53. The quantitative estimate of drug-likeness (QED) is 0.648. The van der Waals surface area contributed by atoms with Gasteiger partial charge < -0.3 is 15.0 Å². The van der Waals surface area contributed by atoms with Crippen molar-refractivity contribution in [1.29, 1.82) is 0 Å². The first-order valence-corrected chi connectivity index (χ1v) is 3.57. The van der Waals surface area contributed by atoms with Crippen LogP contribution >= 0.6 is 0 Å². The van der Waals surface area contributed by atoms with Gasteiger partial charge in [0.1, 0.15) is 0 Å². The number of hydrogen-bond donors (Lipinski definition) is 1. The topological polar surface area (TPSA) is 70.1 Å². The number of imidazole rings is 1. The van der Waals surface area contributed by atoms with Gasteiger partial charge in [0, 0.05) is 18.9 Å². The van der Waals surface area contributed by atoms with Crippen molar-refractivity contribution in [3.8, 4) is 0 Å². The monoisotopic (exact) mass is 169 g/mol. The Balaban J connectivity index is 2.43.